The second-order valence-electron chi connectivity index (χ2n) is 13.9. The lowest BCUT2D eigenvalue weighted by molar-refractivity contribution is 0.0367. The van der Waals surface area contributed by atoms with Gasteiger partial charge in [-0.1, -0.05) is 6.42 Å². The molecule has 10 rings (SSSR count). The van der Waals surface area contributed by atoms with Crippen LogP contribution < -0.4 is 42.5 Å². The molecule has 0 aliphatic carbocycles. The lowest BCUT2D eigenvalue weighted by Crippen LogP contribution is -2.69. The summed E-state index contributed by atoms with van der Waals surface area (Å²) in [7, 11) is 0. The van der Waals surface area contributed by atoms with Crippen molar-refractivity contribution in [2.45, 2.75) is 77.0 Å². The highest BCUT2D eigenvalue weighted by atomic mass is 16.5. The van der Waals surface area contributed by atoms with Crippen molar-refractivity contribution in [3.8, 4) is 0 Å². The van der Waals surface area contributed by atoms with E-state index in [2.05, 4.69) is 42.5 Å². The first-order chi connectivity index (χ1) is 24.4. The van der Waals surface area contributed by atoms with Gasteiger partial charge in [0.25, 0.3) is 0 Å². The quantitative estimate of drug-likeness (QED) is 0.186. The molecule has 8 N–H and O–H groups in total. The number of nitrogens with one attached hydrogen (secondary N) is 8. The second-order valence-corrected chi connectivity index (χ2v) is 13.9. The largest absolute Gasteiger partial charge is 0.381 e. The van der Waals surface area contributed by atoms with E-state index in [1.807, 2.05) is 0 Å². The van der Waals surface area contributed by atoms with E-state index in [1.54, 1.807) is 0 Å². The molecule has 12 heteroatoms. The van der Waals surface area contributed by atoms with Gasteiger partial charge in [-0.05, 0) is 110 Å². The summed E-state index contributed by atoms with van der Waals surface area (Å²) in [6.07, 6.45) is 16.1. The third-order valence-electron chi connectivity index (χ3n) is 9.16. The van der Waals surface area contributed by atoms with Gasteiger partial charge in [0, 0.05) is 111 Å². The van der Waals surface area contributed by atoms with Crippen LogP contribution in [0.4, 0.5) is 0 Å². The Bertz CT molecular complexity index is 479. The van der Waals surface area contributed by atoms with Crippen LogP contribution in [0.15, 0.2) is 0 Å². The zero-order valence-corrected chi connectivity index (χ0v) is 31.6. The summed E-state index contributed by atoms with van der Waals surface area (Å²) in [6, 6.07) is 0. The van der Waals surface area contributed by atoms with Gasteiger partial charge in [0.15, 0.2) is 0 Å². The molecule has 0 saturated carbocycles. The molecule has 10 fully saturated rings. The van der Waals surface area contributed by atoms with E-state index in [4.69, 9.17) is 18.9 Å². The minimum atomic E-state index is 0.722. The van der Waals surface area contributed by atoms with Crippen molar-refractivity contribution in [3.05, 3.63) is 0 Å². The highest BCUT2D eigenvalue weighted by Crippen LogP contribution is 2.25. The molecular formula is C37H80N8O4. The van der Waals surface area contributed by atoms with Crippen LogP contribution in [-0.4, -0.2) is 158 Å². The van der Waals surface area contributed by atoms with Crippen molar-refractivity contribution in [2.24, 2.45) is 5.41 Å². The SMILES string of the molecule is C1CCNC1.C1CCNCC1.C1CCOC1.C1CCOCC1.C1CNC1.C1CNCCN1.C1COC1.C1COCCN1.C1NCC12CNC2. The number of piperazine rings is 1. The normalized spacial score (nSPS) is 25.5. The third kappa shape index (κ3) is 29.8. The summed E-state index contributed by atoms with van der Waals surface area (Å²) in [5.41, 5.74) is 0.722. The van der Waals surface area contributed by atoms with Gasteiger partial charge in [-0.15, -0.1) is 0 Å². The molecule has 0 aromatic carbocycles. The van der Waals surface area contributed by atoms with E-state index in [1.165, 1.54) is 142 Å². The lowest BCUT2D eigenvalue weighted by Gasteiger charge is -2.50. The van der Waals surface area contributed by atoms with Gasteiger partial charge in [-0.2, -0.15) is 0 Å². The van der Waals surface area contributed by atoms with Gasteiger partial charge in [-0.25, -0.2) is 0 Å². The van der Waals surface area contributed by atoms with E-state index in [9.17, 15) is 0 Å². The first-order valence-electron chi connectivity index (χ1n) is 20.4. The summed E-state index contributed by atoms with van der Waals surface area (Å²) in [5.74, 6) is 0. The average molecular weight is 701 g/mol. The second kappa shape index (κ2) is 35.9. The number of piperidine rings is 1. The predicted octanol–water partition coefficient (Wildman–Crippen LogP) is 1.46. The Morgan fingerprint density at radius 2 is 0.510 bits per heavy atom. The maximum absolute atomic E-state index is 5.07. The van der Waals surface area contributed by atoms with Crippen LogP contribution in [0.25, 0.3) is 0 Å². The average Bonchev–Trinajstić information content (AvgIpc) is 3.87. The molecule has 0 unspecified atom stereocenters. The Balaban J connectivity index is 0.000000192. The van der Waals surface area contributed by atoms with Crippen LogP contribution >= 0.6 is 0 Å². The van der Waals surface area contributed by atoms with Crippen LogP contribution in [-0.2, 0) is 18.9 Å². The molecule has 10 heterocycles. The maximum Gasteiger partial charge on any atom is 0.0591 e. The van der Waals surface area contributed by atoms with Gasteiger partial charge >= 0.3 is 0 Å². The highest BCUT2D eigenvalue weighted by Gasteiger charge is 2.41. The topological polar surface area (TPSA) is 133 Å². The molecule has 1 spiro atoms. The molecule has 0 atom stereocenters. The van der Waals surface area contributed by atoms with Crippen LogP contribution in [0.2, 0.25) is 0 Å². The summed E-state index contributed by atoms with van der Waals surface area (Å²) in [5, 5.41) is 25.8. The zero-order chi connectivity index (χ0) is 34.4. The van der Waals surface area contributed by atoms with Gasteiger partial charge in [0.05, 0.1) is 13.2 Å². The molecule has 0 radical (unpaired) electrons. The van der Waals surface area contributed by atoms with Crippen molar-refractivity contribution in [2.75, 3.05) is 158 Å². The monoisotopic (exact) mass is 701 g/mol. The Morgan fingerprint density at radius 3 is 0.633 bits per heavy atom. The fourth-order valence-corrected chi connectivity index (χ4v) is 5.27. The number of rotatable bonds is 0. The minimum absolute atomic E-state index is 0.722. The van der Waals surface area contributed by atoms with E-state index in [0.717, 1.165) is 97.5 Å². The molecule has 0 aromatic rings. The smallest absolute Gasteiger partial charge is 0.0591 e. The van der Waals surface area contributed by atoms with Crippen molar-refractivity contribution in [1.29, 1.82) is 0 Å². The summed E-state index contributed by atoms with van der Waals surface area (Å²) >= 11 is 0. The van der Waals surface area contributed by atoms with Gasteiger partial charge in [0.1, 0.15) is 0 Å². The van der Waals surface area contributed by atoms with Crippen molar-refractivity contribution in [3.63, 3.8) is 0 Å². The van der Waals surface area contributed by atoms with Crippen LogP contribution in [0.5, 0.6) is 0 Å². The fourth-order valence-electron chi connectivity index (χ4n) is 5.27. The van der Waals surface area contributed by atoms with Crippen molar-refractivity contribution < 1.29 is 18.9 Å². The molecule has 0 aromatic heterocycles. The van der Waals surface area contributed by atoms with E-state index in [-0.39, 0.29) is 0 Å². The molecule has 0 bridgehead atoms. The molecule has 49 heavy (non-hydrogen) atoms. The maximum atomic E-state index is 5.07. The standard InChI is InChI=1S/C5H10N2.C5H11N.C5H10O.C4H10N2.C4H9NO.C4H9N.C4H8O.C3H7N.C3H6O/c1-5(2-6-1)3-7-4-5;2*1-2-4-6-5-3-1;1-2-6-4-3-5-1;1-3-6-4-2-5-1;2*1-2-4-5-3-1;2*1-2-4-3-1/h6-7H,1-4H2;6H,1-5H2;1-5H2;5-6H,1-4H2;5H,1-4H2;5H,1-4H2;1-4H2;4H,1-3H2;1-3H2. The van der Waals surface area contributed by atoms with Crippen LogP contribution in [0.3, 0.4) is 0 Å². The van der Waals surface area contributed by atoms with E-state index < -0.39 is 0 Å². The Kier molecular flexibility index (Phi) is 32.7. The Morgan fingerprint density at radius 1 is 0.224 bits per heavy atom. The highest BCUT2D eigenvalue weighted by molar-refractivity contribution is 5.01. The van der Waals surface area contributed by atoms with Crippen LogP contribution in [0, 0.1) is 5.41 Å². The summed E-state index contributed by atoms with van der Waals surface area (Å²) in [6.45, 7) is 26.9. The molecule has 12 nitrogen and oxygen atoms in total. The van der Waals surface area contributed by atoms with Gasteiger partial charge < -0.3 is 61.5 Å². The molecule has 10 aliphatic rings. The zero-order valence-electron chi connectivity index (χ0n) is 31.6. The Labute approximate surface area is 301 Å². The van der Waals surface area contributed by atoms with Crippen molar-refractivity contribution >= 4 is 0 Å². The molecule has 10 aliphatic heterocycles. The third-order valence-corrected chi connectivity index (χ3v) is 9.16. The van der Waals surface area contributed by atoms with Crippen LogP contribution in [0.1, 0.15) is 77.0 Å². The van der Waals surface area contributed by atoms with Crippen molar-refractivity contribution in [1.82, 2.24) is 42.5 Å². The number of hydrogen-bond donors (Lipinski definition) is 8. The number of ether oxygens (including phenoxy) is 4. The van der Waals surface area contributed by atoms with E-state index in [0.29, 0.717) is 0 Å². The minimum Gasteiger partial charge on any atom is -0.381 e. The molecule has 0 amide bonds. The summed E-state index contributed by atoms with van der Waals surface area (Å²) < 4.78 is 19.7. The van der Waals surface area contributed by atoms with Gasteiger partial charge in [-0.3, -0.25) is 0 Å². The molecule has 292 valence electrons. The van der Waals surface area contributed by atoms with Gasteiger partial charge in [0.2, 0.25) is 0 Å². The molecular weight excluding hydrogens is 620 g/mol. The summed E-state index contributed by atoms with van der Waals surface area (Å²) in [4.78, 5) is 0. The number of hydrogen-bond acceptors (Lipinski definition) is 12. The van der Waals surface area contributed by atoms with E-state index >= 15 is 0 Å². The number of morpholine rings is 1. The predicted molar refractivity (Wildman–Crippen MR) is 204 cm³/mol. The Hall–Kier alpha value is -0.480. The first-order valence-corrected chi connectivity index (χ1v) is 20.4. The lowest BCUT2D eigenvalue weighted by atomic mass is 9.76. The fraction of sp³-hybridized carbons (Fsp3) is 1.00. The molecule has 10 saturated heterocycles. The first kappa shape index (κ1) is 44.7.